The van der Waals surface area contributed by atoms with Gasteiger partial charge in [-0.3, -0.25) is 4.90 Å². The van der Waals surface area contributed by atoms with Crippen molar-refractivity contribution in [2.45, 2.75) is 45.2 Å². The number of benzene rings is 1. The summed E-state index contributed by atoms with van der Waals surface area (Å²) >= 11 is 0. The topological polar surface area (TPSA) is 27.0 Å². The lowest BCUT2D eigenvalue weighted by atomic mass is 10.1. The second-order valence-electron chi connectivity index (χ2n) is 4.89. The average molecular weight is 246 g/mol. The summed E-state index contributed by atoms with van der Waals surface area (Å²) < 4.78 is 14.0. The Morgan fingerprint density at radius 2 is 2.11 bits per heavy atom. The molecule has 0 aromatic heterocycles. The number of hydrogen-bond acceptors (Lipinski definition) is 2. The SMILES string of the molecule is CCN(Cc1cccc(C#N)c1F)C1CCCC1. The van der Waals surface area contributed by atoms with Gasteiger partial charge in [0.15, 0.2) is 0 Å². The molecule has 1 aliphatic rings. The summed E-state index contributed by atoms with van der Waals surface area (Å²) in [5.74, 6) is -0.351. The Morgan fingerprint density at radius 1 is 1.39 bits per heavy atom. The highest BCUT2D eigenvalue weighted by Gasteiger charge is 2.22. The van der Waals surface area contributed by atoms with Gasteiger partial charge in [-0.2, -0.15) is 5.26 Å². The van der Waals surface area contributed by atoms with E-state index in [9.17, 15) is 4.39 Å². The van der Waals surface area contributed by atoms with Crippen LogP contribution in [0, 0.1) is 17.1 Å². The second kappa shape index (κ2) is 5.97. The molecule has 1 aromatic carbocycles. The van der Waals surface area contributed by atoms with E-state index in [1.807, 2.05) is 6.07 Å². The Morgan fingerprint density at radius 3 is 2.72 bits per heavy atom. The quantitative estimate of drug-likeness (QED) is 0.813. The van der Waals surface area contributed by atoms with Gasteiger partial charge < -0.3 is 0 Å². The van der Waals surface area contributed by atoms with Crippen LogP contribution in [0.25, 0.3) is 0 Å². The fraction of sp³-hybridized carbons (Fsp3) is 0.533. The molecule has 96 valence electrons. The summed E-state index contributed by atoms with van der Waals surface area (Å²) in [6.45, 7) is 3.66. The Labute approximate surface area is 108 Å². The molecule has 2 nitrogen and oxygen atoms in total. The molecule has 0 saturated heterocycles. The van der Waals surface area contributed by atoms with Crippen LogP contribution in [0.5, 0.6) is 0 Å². The number of nitriles is 1. The average Bonchev–Trinajstić information content (AvgIpc) is 2.91. The van der Waals surface area contributed by atoms with Crippen molar-refractivity contribution in [1.82, 2.24) is 4.90 Å². The summed E-state index contributed by atoms with van der Waals surface area (Å²) in [6, 6.07) is 7.57. The largest absolute Gasteiger partial charge is 0.296 e. The summed E-state index contributed by atoms with van der Waals surface area (Å²) in [5, 5.41) is 8.84. The molecule has 3 heteroatoms. The van der Waals surface area contributed by atoms with Crippen LogP contribution in [0.2, 0.25) is 0 Å². The molecular weight excluding hydrogens is 227 g/mol. The number of rotatable bonds is 4. The first kappa shape index (κ1) is 13.0. The lowest BCUT2D eigenvalue weighted by Crippen LogP contribution is -2.32. The zero-order chi connectivity index (χ0) is 13.0. The maximum absolute atomic E-state index is 14.0. The molecule has 18 heavy (non-hydrogen) atoms. The molecule has 0 aliphatic heterocycles. The summed E-state index contributed by atoms with van der Waals surface area (Å²) in [7, 11) is 0. The van der Waals surface area contributed by atoms with Crippen molar-refractivity contribution in [3.63, 3.8) is 0 Å². The molecule has 1 saturated carbocycles. The predicted molar refractivity (Wildman–Crippen MR) is 69.5 cm³/mol. The number of hydrogen-bond donors (Lipinski definition) is 0. The van der Waals surface area contributed by atoms with Crippen LogP contribution in [0.15, 0.2) is 18.2 Å². The molecule has 0 radical (unpaired) electrons. The van der Waals surface area contributed by atoms with E-state index in [4.69, 9.17) is 5.26 Å². The summed E-state index contributed by atoms with van der Waals surface area (Å²) in [4.78, 5) is 2.33. The van der Waals surface area contributed by atoms with E-state index in [1.165, 1.54) is 31.7 Å². The molecule has 2 rings (SSSR count). The summed E-state index contributed by atoms with van der Waals surface area (Å²) in [6.07, 6.45) is 4.99. The zero-order valence-electron chi connectivity index (χ0n) is 10.8. The van der Waals surface area contributed by atoms with Crippen molar-refractivity contribution in [3.05, 3.63) is 35.1 Å². The van der Waals surface area contributed by atoms with Crippen LogP contribution in [-0.4, -0.2) is 17.5 Å². The fourth-order valence-electron chi connectivity index (χ4n) is 2.78. The number of nitrogens with zero attached hydrogens (tertiary/aromatic N) is 2. The van der Waals surface area contributed by atoms with Crippen LogP contribution in [0.4, 0.5) is 4.39 Å². The Kier molecular flexibility index (Phi) is 4.33. The van der Waals surface area contributed by atoms with Gasteiger partial charge in [-0.25, -0.2) is 4.39 Å². The molecule has 0 bridgehead atoms. The van der Waals surface area contributed by atoms with Crippen molar-refractivity contribution in [2.75, 3.05) is 6.54 Å². The lowest BCUT2D eigenvalue weighted by molar-refractivity contribution is 0.198. The van der Waals surface area contributed by atoms with Crippen molar-refractivity contribution >= 4 is 0 Å². The molecular formula is C15H19FN2. The van der Waals surface area contributed by atoms with Gasteiger partial charge in [0.2, 0.25) is 0 Å². The zero-order valence-corrected chi connectivity index (χ0v) is 10.8. The molecule has 0 unspecified atom stereocenters. The third-order valence-electron chi connectivity index (χ3n) is 3.82. The second-order valence-corrected chi connectivity index (χ2v) is 4.89. The highest BCUT2D eigenvalue weighted by atomic mass is 19.1. The van der Waals surface area contributed by atoms with Gasteiger partial charge in [-0.05, 0) is 25.5 Å². The van der Waals surface area contributed by atoms with Gasteiger partial charge >= 0.3 is 0 Å². The highest BCUT2D eigenvalue weighted by molar-refractivity contribution is 5.34. The molecule has 1 fully saturated rings. The first-order chi connectivity index (χ1) is 8.76. The Balaban J connectivity index is 2.14. The van der Waals surface area contributed by atoms with E-state index >= 15 is 0 Å². The molecule has 1 aromatic rings. The normalized spacial score (nSPS) is 16.1. The molecule has 0 amide bonds. The van der Waals surface area contributed by atoms with E-state index in [2.05, 4.69) is 11.8 Å². The van der Waals surface area contributed by atoms with E-state index in [0.29, 0.717) is 18.2 Å². The molecule has 0 spiro atoms. The van der Waals surface area contributed by atoms with Crippen molar-refractivity contribution in [1.29, 1.82) is 5.26 Å². The van der Waals surface area contributed by atoms with Crippen LogP contribution >= 0.6 is 0 Å². The Bertz CT molecular complexity index is 444. The van der Waals surface area contributed by atoms with Crippen LogP contribution in [-0.2, 0) is 6.54 Å². The van der Waals surface area contributed by atoms with Crippen LogP contribution in [0.1, 0.15) is 43.7 Å². The standard InChI is InChI=1S/C15H19FN2/c1-2-18(14-8-3-4-9-14)11-13-7-5-6-12(10-17)15(13)16/h5-7,14H,2-4,8-9,11H2,1H3. The van der Waals surface area contributed by atoms with Gasteiger partial charge in [0.25, 0.3) is 0 Å². The van der Waals surface area contributed by atoms with E-state index in [0.717, 1.165) is 6.54 Å². The third kappa shape index (κ3) is 2.70. The van der Waals surface area contributed by atoms with Crippen LogP contribution < -0.4 is 0 Å². The van der Waals surface area contributed by atoms with E-state index in [-0.39, 0.29) is 11.4 Å². The van der Waals surface area contributed by atoms with Crippen LogP contribution in [0.3, 0.4) is 0 Å². The maximum atomic E-state index is 14.0. The minimum Gasteiger partial charge on any atom is -0.296 e. The van der Waals surface area contributed by atoms with Crippen molar-refractivity contribution in [2.24, 2.45) is 0 Å². The van der Waals surface area contributed by atoms with Crippen molar-refractivity contribution < 1.29 is 4.39 Å². The molecule has 1 aliphatic carbocycles. The summed E-state index contributed by atoms with van der Waals surface area (Å²) in [5.41, 5.74) is 0.790. The minimum atomic E-state index is -0.351. The monoisotopic (exact) mass is 246 g/mol. The third-order valence-corrected chi connectivity index (χ3v) is 3.82. The van der Waals surface area contributed by atoms with Gasteiger partial charge in [-0.1, -0.05) is 31.9 Å². The maximum Gasteiger partial charge on any atom is 0.145 e. The molecule has 0 N–H and O–H groups in total. The fourth-order valence-corrected chi connectivity index (χ4v) is 2.78. The van der Waals surface area contributed by atoms with Gasteiger partial charge in [0, 0.05) is 18.2 Å². The van der Waals surface area contributed by atoms with Gasteiger partial charge in [-0.15, -0.1) is 0 Å². The lowest BCUT2D eigenvalue weighted by Gasteiger charge is -2.27. The molecule has 0 heterocycles. The van der Waals surface area contributed by atoms with E-state index < -0.39 is 0 Å². The van der Waals surface area contributed by atoms with Crippen molar-refractivity contribution in [3.8, 4) is 6.07 Å². The smallest absolute Gasteiger partial charge is 0.145 e. The first-order valence-electron chi connectivity index (χ1n) is 6.67. The van der Waals surface area contributed by atoms with Gasteiger partial charge in [0.1, 0.15) is 11.9 Å². The first-order valence-corrected chi connectivity index (χ1v) is 6.67. The van der Waals surface area contributed by atoms with Gasteiger partial charge in [0.05, 0.1) is 5.56 Å². The minimum absolute atomic E-state index is 0.148. The van der Waals surface area contributed by atoms with E-state index in [1.54, 1.807) is 12.1 Å². The number of halogens is 1. The highest BCUT2D eigenvalue weighted by Crippen LogP contribution is 2.25. The Hall–Kier alpha value is -1.40. The predicted octanol–water partition coefficient (Wildman–Crippen LogP) is 3.46. The molecule has 0 atom stereocenters.